The number of nitriles is 1. The molecule has 1 unspecified atom stereocenters. The maximum atomic E-state index is 13.5. The van der Waals surface area contributed by atoms with Crippen molar-refractivity contribution in [3.05, 3.63) is 64.7 Å². The Morgan fingerprint density at radius 1 is 1.17 bits per heavy atom. The van der Waals surface area contributed by atoms with Gasteiger partial charge in [-0.3, -0.25) is 4.79 Å². The molecule has 29 heavy (non-hydrogen) atoms. The van der Waals surface area contributed by atoms with Crippen molar-refractivity contribution in [3.63, 3.8) is 0 Å². The van der Waals surface area contributed by atoms with E-state index in [0.29, 0.717) is 6.42 Å². The lowest BCUT2D eigenvalue weighted by molar-refractivity contribution is -0.137. The van der Waals surface area contributed by atoms with Crippen molar-refractivity contribution in [2.24, 2.45) is 0 Å². The minimum atomic E-state index is -4.66. The van der Waals surface area contributed by atoms with Crippen LogP contribution in [0.25, 0.3) is 0 Å². The summed E-state index contributed by atoms with van der Waals surface area (Å²) in [5, 5.41) is 9.07. The normalized spacial score (nSPS) is 12.2. The molecule has 0 bridgehead atoms. The summed E-state index contributed by atoms with van der Waals surface area (Å²) in [4.78, 5) is 15.9. The van der Waals surface area contributed by atoms with Crippen LogP contribution in [0.1, 0.15) is 35.6 Å². The molecule has 0 saturated carbocycles. The fourth-order valence-corrected chi connectivity index (χ4v) is 3.22. The van der Waals surface area contributed by atoms with Gasteiger partial charge in [-0.2, -0.15) is 18.4 Å². The molecule has 2 rings (SSSR count). The number of halogens is 3. The molecule has 0 aliphatic rings. The summed E-state index contributed by atoms with van der Waals surface area (Å²) in [5.74, 6) is -0.195. The van der Waals surface area contributed by atoms with Crippen molar-refractivity contribution in [1.82, 2.24) is 4.90 Å². The minimum Gasteiger partial charge on any atom is -0.355 e. The van der Waals surface area contributed by atoms with E-state index in [-0.39, 0.29) is 18.1 Å². The Balaban J connectivity index is 2.62. The third-order valence-electron chi connectivity index (χ3n) is 4.85. The van der Waals surface area contributed by atoms with Crippen LogP contribution in [0.15, 0.2) is 42.5 Å². The number of nitrogens with zero attached hydrogens (tertiary/aromatic N) is 3. The second-order valence-electron chi connectivity index (χ2n) is 7.05. The van der Waals surface area contributed by atoms with E-state index < -0.39 is 23.3 Å². The molecule has 0 heterocycles. The number of carbonyl (C=O) groups excluding carboxylic acids is 1. The Bertz CT molecular complexity index is 916. The molecule has 2 aromatic carbocycles. The Kier molecular flexibility index (Phi) is 6.91. The van der Waals surface area contributed by atoms with Gasteiger partial charge in [0.25, 0.3) is 0 Å². The Hall–Kier alpha value is -3.01. The van der Waals surface area contributed by atoms with Gasteiger partial charge in [0.1, 0.15) is 6.04 Å². The standard InChI is InChI=1S/C22H24F3N3O/c1-5-20(21(29)27(3)4)28(14-17-9-7-6-8-15(17)2)18-11-10-16(13-26)19(12-18)22(23,24)25/h6-12,20H,5,14H2,1-4H3. The molecule has 1 amide bonds. The highest BCUT2D eigenvalue weighted by atomic mass is 19.4. The summed E-state index contributed by atoms with van der Waals surface area (Å²) in [7, 11) is 3.24. The second kappa shape index (κ2) is 8.99. The summed E-state index contributed by atoms with van der Waals surface area (Å²) < 4.78 is 40.5. The van der Waals surface area contributed by atoms with Crippen LogP contribution in [0.4, 0.5) is 18.9 Å². The summed E-state index contributed by atoms with van der Waals surface area (Å²) in [6.45, 7) is 4.02. The Morgan fingerprint density at radius 3 is 2.34 bits per heavy atom. The molecule has 154 valence electrons. The van der Waals surface area contributed by atoms with E-state index in [0.717, 1.165) is 23.3 Å². The summed E-state index contributed by atoms with van der Waals surface area (Å²) in [6, 6.07) is 12.1. The van der Waals surface area contributed by atoms with Gasteiger partial charge in [0, 0.05) is 26.3 Å². The molecule has 0 saturated heterocycles. The molecule has 0 spiro atoms. The highest BCUT2D eigenvalue weighted by molar-refractivity contribution is 5.85. The maximum Gasteiger partial charge on any atom is 0.417 e. The third-order valence-corrected chi connectivity index (χ3v) is 4.85. The summed E-state index contributed by atoms with van der Waals surface area (Å²) >= 11 is 0. The summed E-state index contributed by atoms with van der Waals surface area (Å²) in [6.07, 6.45) is -4.24. The van der Waals surface area contributed by atoms with Crippen LogP contribution in [0, 0.1) is 18.3 Å². The largest absolute Gasteiger partial charge is 0.417 e. The molecule has 0 radical (unpaired) electrons. The molecular weight excluding hydrogens is 379 g/mol. The van der Waals surface area contributed by atoms with Crippen molar-refractivity contribution >= 4 is 11.6 Å². The first-order chi connectivity index (χ1) is 13.6. The van der Waals surface area contributed by atoms with Crippen molar-refractivity contribution in [2.45, 2.75) is 39.0 Å². The number of hydrogen-bond donors (Lipinski definition) is 0. The molecule has 0 N–H and O–H groups in total. The first-order valence-corrected chi connectivity index (χ1v) is 9.23. The maximum absolute atomic E-state index is 13.5. The molecule has 0 aromatic heterocycles. The van der Waals surface area contributed by atoms with Crippen molar-refractivity contribution in [1.29, 1.82) is 5.26 Å². The lowest BCUT2D eigenvalue weighted by atomic mass is 10.0. The molecule has 0 aliphatic heterocycles. The van der Waals surface area contributed by atoms with E-state index in [2.05, 4.69) is 0 Å². The SMILES string of the molecule is CCC(C(=O)N(C)C)N(Cc1ccccc1C)c1ccc(C#N)c(C(F)(F)F)c1. The number of likely N-dealkylation sites (N-methyl/N-ethyl adjacent to an activating group) is 1. The van der Waals surface area contributed by atoms with Crippen molar-refractivity contribution in [2.75, 3.05) is 19.0 Å². The number of carbonyl (C=O) groups is 1. The van der Waals surface area contributed by atoms with E-state index in [1.165, 1.54) is 11.0 Å². The molecule has 0 fully saturated rings. The first-order valence-electron chi connectivity index (χ1n) is 9.23. The first kappa shape index (κ1) is 22.3. The second-order valence-corrected chi connectivity index (χ2v) is 7.05. The zero-order valence-corrected chi connectivity index (χ0v) is 16.9. The molecule has 7 heteroatoms. The topological polar surface area (TPSA) is 47.3 Å². The van der Waals surface area contributed by atoms with Crippen molar-refractivity contribution in [3.8, 4) is 6.07 Å². The monoisotopic (exact) mass is 403 g/mol. The quantitative estimate of drug-likeness (QED) is 0.699. The predicted molar refractivity (Wildman–Crippen MR) is 106 cm³/mol. The van der Waals surface area contributed by atoms with E-state index in [1.807, 2.05) is 38.1 Å². The molecule has 1 atom stereocenters. The van der Waals surface area contributed by atoms with Gasteiger partial charge in [-0.15, -0.1) is 0 Å². The predicted octanol–water partition coefficient (Wildman–Crippen LogP) is 4.76. The number of aryl methyl sites for hydroxylation is 1. The van der Waals surface area contributed by atoms with Crippen LogP contribution in [0.5, 0.6) is 0 Å². The highest BCUT2D eigenvalue weighted by Crippen LogP contribution is 2.35. The number of anilines is 1. The van der Waals surface area contributed by atoms with Crippen LogP contribution in [-0.4, -0.2) is 30.9 Å². The molecule has 2 aromatic rings. The fraction of sp³-hybridized carbons (Fsp3) is 0.364. The smallest absolute Gasteiger partial charge is 0.355 e. The van der Waals surface area contributed by atoms with E-state index >= 15 is 0 Å². The zero-order valence-electron chi connectivity index (χ0n) is 16.9. The van der Waals surface area contributed by atoms with Gasteiger partial charge >= 0.3 is 6.18 Å². The Morgan fingerprint density at radius 2 is 1.83 bits per heavy atom. The third kappa shape index (κ3) is 5.08. The van der Waals surface area contributed by atoms with Gasteiger partial charge in [0.2, 0.25) is 5.91 Å². The average molecular weight is 403 g/mol. The van der Waals surface area contributed by atoms with Crippen molar-refractivity contribution < 1.29 is 18.0 Å². The van der Waals surface area contributed by atoms with Crippen LogP contribution < -0.4 is 4.90 Å². The average Bonchev–Trinajstić information content (AvgIpc) is 2.67. The minimum absolute atomic E-state index is 0.195. The summed E-state index contributed by atoms with van der Waals surface area (Å²) in [5.41, 5.74) is 0.704. The Labute approximate surface area is 169 Å². The van der Waals surface area contributed by atoms with Gasteiger partial charge in [-0.1, -0.05) is 31.2 Å². The molecule has 0 aliphatic carbocycles. The molecular formula is C22H24F3N3O. The zero-order chi connectivity index (χ0) is 21.8. The molecule has 4 nitrogen and oxygen atoms in total. The van der Waals surface area contributed by atoms with Crippen LogP contribution in [-0.2, 0) is 17.5 Å². The van der Waals surface area contributed by atoms with Crippen LogP contribution in [0.3, 0.4) is 0 Å². The lowest BCUT2D eigenvalue weighted by Crippen LogP contribution is -2.46. The number of alkyl halides is 3. The van der Waals surface area contributed by atoms with Crippen LogP contribution in [0.2, 0.25) is 0 Å². The van der Waals surface area contributed by atoms with E-state index in [9.17, 15) is 18.0 Å². The highest BCUT2D eigenvalue weighted by Gasteiger charge is 2.35. The van der Waals surface area contributed by atoms with Gasteiger partial charge in [-0.25, -0.2) is 0 Å². The van der Waals surface area contributed by atoms with Crippen LogP contribution >= 0.6 is 0 Å². The van der Waals surface area contributed by atoms with Gasteiger partial charge < -0.3 is 9.80 Å². The number of amides is 1. The van der Waals surface area contributed by atoms with E-state index in [1.54, 1.807) is 25.1 Å². The van der Waals surface area contributed by atoms with Gasteiger partial charge in [0.15, 0.2) is 0 Å². The van der Waals surface area contributed by atoms with Gasteiger partial charge in [-0.05, 0) is 42.7 Å². The number of hydrogen-bond acceptors (Lipinski definition) is 3. The van der Waals surface area contributed by atoms with Gasteiger partial charge in [0.05, 0.1) is 17.2 Å². The number of rotatable bonds is 6. The number of benzene rings is 2. The van der Waals surface area contributed by atoms with E-state index in [4.69, 9.17) is 5.26 Å². The fourth-order valence-electron chi connectivity index (χ4n) is 3.22. The lowest BCUT2D eigenvalue weighted by Gasteiger charge is -2.34.